The Labute approximate surface area is 58.9 Å². The summed E-state index contributed by atoms with van der Waals surface area (Å²) < 4.78 is 5.23. The van der Waals surface area contributed by atoms with E-state index in [1.807, 2.05) is 0 Å². The van der Waals surface area contributed by atoms with Gasteiger partial charge in [-0.3, -0.25) is 0 Å². The van der Waals surface area contributed by atoms with Crippen LogP contribution in [0.4, 0.5) is 0 Å². The van der Waals surface area contributed by atoms with E-state index in [9.17, 15) is 0 Å². The van der Waals surface area contributed by atoms with Crippen LogP contribution in [0.5, 0.6) is 0 Å². The van der Waals surface area contributed by atoms with E-state index in [1.165, 1.54) is 0 Å². The topological polar surface area (TPSA) is 9.23 Å². The fourth-order valence-electron chi connectivity index (χ4n) is 0.330. The number of hydrogen-bond donors (Lipinski definition) is 0. The van der Waals surface area contributed by atoms with Gasteiger partial charge >= 0.3 is 0 Å². The maximum Gasteiger partial charge on any atom is 0.146 e. The summed E-state index contributed by atoms with van der Waals surface area (Å²) in [5.74, 6) is 0.690. The van der Waals surface area contributed by atoms with Crippen LogP contribution in [0.1, 0.15) is 20.3 Å². The van der Waals surface area contributed by atoms with Gasteiger partial charge in [0.15, 0.2) is 0 Å². The Bertz CT molecular complexity index is 65.4. The summed E-state index contributed by atoms with van der Waals surface area (Å²) in [5, 5.41) is 0. The molecule has 8 heavy (non-hydrogen) atoms. The summed E-state index contributed by atoms with van der Waals surface area (Å²) in [7, 11) is 0.803. The van der Waals surface area contributed by atoms with Gasteiger partial charge in [-0.2, -0.15) is 0 Å². The minimum absolute atomic E-state index is 0.0218. The van der Waals surface area contributed by atoms with Crippen molar-refractivity contribution in [1.29, 1.82) is 0 Å². The van der Waals surface area contributed by atoms with Crippen LogP contribution in [0.25, 0.3) is 0 Å². The number of hydrogen-bond acceptors (Lipinski definition) is 1. The first-order valence-electron chi connectivity index (χ1n) is 2.73. The predicted octanol–water partition coefficient (Wildman–Crippen LogP) is 0.691. The molecule has 1 nitrogen and oxygen atoms in total. The summed E-state index contributed by atoms with van der Waals surface area (Å²) in [6, 6.07) is 0. The monoisotopic (exact) mass is 152 g/mol. The van der Waals surface area contributed by atoms with Crippen molar-refractivity contribution in [3.05, 3.63) is 0 Å². The third-order valence-corrected chi connectivity index (χ3v) is 2.54. The van der Waals surface area contributed by atoms with Crippen LogP contribution >= 0.6 is 11.6 Å². The number of rotatable bonds is 3. The van der Waals surface area contributed by atoms with E-state index in [4.69, 9.17) is 16.0 Å². The molecular formula is C5H13ClOSi. The quantitative estimate of drug-likeness (QED) is 0.427. The summed E-state index contributed by atoms with van der Waals surface area (Å²) in [6.45, 7) is 4.12. The molecule has 0 aromatic carbocycles. The Morgan fingerprint density at radius 1 is 1.62 bits per heavy atom. The molecule has 0 spiro atoms. The lowest BCUT2D eigenvalue weighted by molar-refractivity contribution is 0.120. The molecule has 0 saturated carbocycles. The second-order valence-electron chi connectivity index (χ2n) is 2.40. The molecule has 0 amide bonds. The van der Waals surface area contributed by atoms with E-state index in [0.717, 1.165) is 16.9 Å². The molecule has 0 aliphatic carbocycles. The highest BCUT2D eigenvalue weighted by Crippen LogP contribution is 2.12. The first-order chi connectivity index (χ1) is 3.62. The molecule has 0 atom stereocenters. The van der Waals surface area contributed by atoms with E-state index in [0.29, 0.717) is 5.88 Å². The Morgan fingerprint density at radius 3 is 2.25 bits per heavy atom. The van der Waals surface area contributed by atoms with Crippen LogP contribution in [0.3, 0.4) is 0 Å². The van der Waals surface area contributed by atoms with Crippen LogP contribution < -0.4 is 0 Å². The molecule has 3 heteroatoms. The van der Waals surface area contributed by atoms with Crippen LogP contribution in [-0.4, -0.2) is 22.0 Å². The van der Waals surface area contributed by atoms with E-state index < -0.39 is 0 Å². The first-order valence-corrected chi connectivity index (χ1v) is 4.08. The highest BCUT2D eigenvalue weighted by atomic mass is 35.5. The Morgan fingerprint density at radius 2 is 2.12 bits per heavy atom. The molecule has 0 heterocycles. The SMILES string of the molecule is CC(C)(CCCl)O[SiH3]. The lowest BCUT2D eigenvalue weighted by Crippen LogP contribution is -2.23. The van der Waals surface area contributed by atoms with Crippen LogP contribution in [-0.2, 0) is 4.43 Å². The number of halogens is 1. The van der Waals surface area contributed by atoms with E-state index >= 15 is 0 Å². The van der Waals surface area contributed by atoms with Gasteiger partial charge in [0.25, 0.3) is 0 Å². The molecule has 0 fully saturated rings. The maximum absolute atomic E-state index is 5.50. The molecular weight excluding hydrogens is 140 g/mol. The van der Waals surface area contributed by atoms with E-state index in [-0.39, 0.29) is 5.60 Å². The average molecular weight is 153 g/mol. The van der Waals surface area contributed by atoms with Gasteiger partial charge in [0, 0.05) is 5.88 Å². The van der Waals surface area contributed by atoms with Crippen molar-refractivity contribution in [2.75, 3.05) is 5.88 Å². The van der Waals surface area contributed by atoms with Crippen LogP contribution in [0.15, 0.2) is 0 Å². The molecule has 0 N–H and O–H groups in total. The summed E-state index contributed by atoms with van der Waals surface area (Å²) in [4.78, 5) is 0. The largest absolute Gasteiger partial charge is 0.423 e. The van der Waals surface area contributed by atoms with Gasteiger partial charge in [-0.25, -0.2) is 0 Å². The van der Waals surface area contributed by atoms with Crippen molar-refractivity contribution in [2.24, 2.45) is 0 Å². The highest BCUT2D eigenvalue weighted by molar-refractivity contribution is 6.17. The van der Waals surface area contributed by atoms with Gasteiger partial charge in [-0.05, 0) is 20.3 Å². The van der Waals surface area contributed by atoms with Gasteiger partial charge in [0.1, 0.15) is 10.5 Å². The zero-order chi connectivity index (χ0) is 6.62. The molecule has 0 bridgehead atoms. The molecule has 0 aromatic heterocycles. The van der Waals surface area contributed by atoms with E-state index in [1.54, 1.807) is 0 Å². The lowest BCUT2D eigenvalue weighted by Gasteiger charge is -2.21. The summed E-state index contributed by atoms with van der Waals surface area (Å²) in [5.41, 5.74) is 0.0218. The fourth-order valence-corrected chi connectivity index (χ4v) is 0.989. The normalized spacial score (nSPS) is 12.4. The predicted molar refractivity (Wildman–Crippen MR) is 40.4 cm³/mol. The van der Waals surface area contributed by atoms with Gasteiger partial charge < -0.3 is 4.43 Å². The fraction of sp³-hybridized carbons (Fsp3) is 1.00. The Balaban J connectivity index is 3.37. The van der Waals surface area contributed by atoms with Gasteiger partial charge in [-0.1, -0.05) is 0 Å². The maximum atomic E-state index is 5.50. The second-order valence-corrected chi connectivity index (χ2v) is 3.19. The van der Waals surface area contributed by atoms with E-state index in [2.05, 4.69) is 13.8 Å². The minimum atomic E-state index is 0.0218. The Kier molecular flexibility index (Phi) is 3.69. The lowest BCUT2D eigenvalue weighted by atomic mass is 10.1. The van der Waals surface area contributed by atoms with Crippen LogP contribution in [0, 0.1) is 0 Å². The highest BCUT2D eigenvalue weighted by Gasteiger charge is 2.13. The molecule has 0 aromatic rings. The summed E-state index contributed by atoms with van der Waals surface area (Å²) >= 11 is 5.50. The molecule has 0 radical (unpaired) electrons. The molecule has 0 aliphatic rings. The van der Waals surface area contributed by atoms with Crippen molar-refractivity contribution < 1.29 is 4.43 Å². The molecule has 0 saturated heterocycles. The van der Waals surface area contributed by atoms with Crippen molar-refractivity contribution in [1.82, 2.24) is 0 Å². The zero-order valence-corrected chi connectivity index (χ0v) is 8.46. The minimum Gasteiger partial charge on any atom is -0.423 e. The van der Waals surface area contributed by atoms with Crippen molar-refractivity contribution in [3.8, 4) is 0 Å². The van der Waals surface area contributed by atoms with Gasteiger partial charge in [-0.15, -0.1) is 11.6 Å². The van der Waals surface area contributed by atoms with Crippen molar-refractivity contribution in [2.45, 2.75) is 25.9 Å². The van der Waals surface area contributed by atoms with Crippen molar-refractivity contribution in [3.63, 3.8) is 0 Å². The second kappa shape index (κ2) is 3.48. The zero-order valence-electron chi connectivity index (χ0n) is 5.70. The third kappa shape index (κ3) is 3.47. The van der Waals surface area contributed by atoms with Crippen molar-refractivity contribution >= 4 is 22.1 Å². The standard InChI is InChI=1S/C5H13ClOSi/c1-5(2,7-8)3-4-6/h3-4H2,1-2,8H3. The molecule has 0 aliphatic heterocycles. The third-order valence-electron chi connectivity index (χ3n) is 1.25. The van der Waals surface area contributed by atoms with Gasteiger partial charge in [0.05, 0.1) is 5.60 Å². The van der Waals surface area contributed by atoms with Crippen LogP contribution in [0.2, 0.25) is 0 Å². The summed E-state index contributed by atoms with van der Waals surface area (Å²) in [6.07, 6.45) is 0.943. The molecule has 0 unspecified atom stereocenters. The smallest absolute Gasteiger partial charge is 0.146 e. The number of alkyl halides is 1. The first kappa shape index (κ1) is 8.47. The molecule has 50 valence electrons. The Hall–Kier alpha value is 0.467. The van der Waals surface area contributed by atoms with Gasteiger partial charge in [0.2, 0.25) is 0 Å². The molecule has 0 rings (SSSR count). The average Bonchev–Trinajstić information content (AvgIpc) is 1.67.